The Kier molecular flexibility index (Phi) is 4.50. The Hall–Kier alpha value is -1.04. The fourth-order valence-electron chi connectivity index (χ4n) is 2.65. The molecule has 3 nitrogen and oxygen atoms in total. The van der Waals surface area contributed by atoms with Crippen molar-refractivity contribution < 1.29 is 13.5 Å². The molecule has 1 aliphatic rings. The standard InChI is InChI=1S/C14H20F2N2O/c1-19-14(5-2-6-14)9-11(18-17)7-10-3-4-12(15)13(16)8-10/h3-4,8,11,18H,2,5-7,9,17H2,1H3. The Morgan fingerprint density at radius 1 is 1.37 bits per heavy atom. The normalized spacial score (nSPS) is 18.9. The molecule has 0 radical (unpaired) electrons. The van der Waals surface area contributed by atoms with Gasteiger partial charge in [-0.3, -0.25) is 11.3 Å². The number of rotatable bonds is 6. The average Bonchev–Trinajstić information content (AvgIpc) is 2.36. The van der Waals surface area contributed by atoms with Crippen LogP contribution in [0.3, 0.4) is 0 Å². The molecule has 1 unspecified atom stereocenters. The van der Waals surface area contributed by atoms with Gasteiger partial charge in [0.05, 0.1) is 5.60 Å². The molecule has 0 heterocycles. The first-order valence-corrected chi connectivity index (χ1v) is 6.54. The summed E-state index contributed by atoms with van der Waals surface area (Å²) in [6.07, 6.45) is 4.55. The highest BCUT2D eigenvalue weighted by Crippen LogP contribution is 2.39. The zero-order valence-corrected chi connectivity index (χ0v) is 11.1. The van der Waals surface area contributed by atoms with E-state index < -0.39 is 11.6 Å². The first-order chi connectivity index (χ1) is 9.08. The Morgan fingerprint density at radius 2 is 2.11 bits per heavy atom. The van der Waals surface area contributed by atoms with Crippen LogP contribution >= 0.6 is 0 Å². The van der Waals surface area contributed by atoms with Gasteiger partial charge >= 0.3 is 0 Å². The maximum atomic E-state index is 13.2. The number of hydrazine groups is 1. The van der Waals surface area contributed by atoms with Crippen molar-refractivity contribution in [2.24, 2.45) is 5.84 Å². The third-order valence-electron chi connectivity index (χ3n) is 4.02. The molecule has 0 aliphatic heterocycles. The van der Waals surface area contributed by atoms with Crippen molar-refractivity contribution in [1.29, 1.82) is 0 Å². The van der Waals surface area contributed by atoms with E-state index in [1.165, 1.54) is 6.07 Å². The fourth-order valence-corrected chi connectivity index (χ4v) is 2.65. The monoisotopic (exact) mass is 270 g/mol. The van der Waals surface area contributed by atoms with Crippen LogP contribution in [0.1, 0.15) is 31.2 Å². The first kappa shape index (κ1) is 14.4. The van der Waals surface area contributed by atoms with Crippen LogP contribution in [0, 0.1) is 11.6 Å². The molecule has 2 rings (SSSR count). The topological polar surface area (TPSA) is 47.3 Å². The maximum absolute atomic E-state index is 13.2. The van der Waals surface area contributed by atoms with E-state index in [-0.39, 0.29) is 11.6 Å². The summed E-state index contributed by atoms with van der Waals surface area (Å²) in [5.41, 5.74) is 3.37. The smallest absolute Gasteiger partial charge is 0.159 e. The Balaban J connectivity index is 2.00. The Morgan fingerprint density at radius 3 is 2.58 bits per heavy atom. The van der Waals surface area contributed by atoms with Gasteiger partial charge in [-0.1, -0.05) is 6.07 Å². The molecular weight excluding hydrogens is 250 g/mol. The quantitative estimate of drug-likeness (QED) is 0.616. The molecule has 0 bridgehead atoms. The minimum atomic E-state index is -0.826. The lowest BCUT2D eigenvalue weighted by Crippen LogP contribution is -2.48. The Bertz CT molecular complexity index is 430. The summed E-state index contributed by atoms with van der Waals surface area (Å²) >= 11 is 0. The predicted molar refractivity (Wildman–Crippen MR) is 69.4 cm³/mol. The van der Waals surface area contributed by atoms with Crippen LogP contribution in [-0.4, -0.2) is 18.8 Å². The number of halogens is 2. The van der Waals surface area contributed by atoms with Gasteiger partial charge in [-0.25, -0.2) is 8.78 Å². The fraction of sp³-hybridized carbons (Fsp3) is 0.571. The molecule has 1 atom stereocenters. The summed E-state index contributed by atoms with van der Waals surface area (Å²) in [7, 11) is 1.71. The van der Waals surface area contributed by atoms with Gasteiger partial charge in [-0.05, 0) is 49.8 Å². The number of nitrogens with one attached hydrogen (secondary N) is 1. The largest absolute Gasteiger partial charge is 0.378 e. The van der Waals surface area contributed by atoms with Crippen molar-refractivity contribution in [2.75, 3.05) is 7.11 Å². The van der Waals surface area contributed by atoms with Crippen molar-refractivity contribution >= 4 is 0 Å². The van der Waals surface area contributed by atoms with Gasteiger partial charge < -0.3 is 4.74 Å². The molecule has 106 valence electrons. The van der Waals surface area contributed by atoms with Crippen molar-refractivity contribution in [1.82, 2.24) is 5.43 Å². The summed E-state index contributed by atoms with van der Waals surface area (Å²) in [5.74, 6) is 3.91. The second-order valence-corrected chi connectivity index (χ2v) is 5.26. The van der Waals surface area contributed by atoms with Gasteiger partial charge in [0.15, 0.2) is 11.6 Å². The number of nitrogens with two attached hydrogens (primary N) is 1. The SMILES string of the molecule is COC1(CC(Cc2ccc(F)c(F)c2)NN)CCC1. The summed E-state index contributed by atoms with van der Waals surface area (Å²) in [4.78, 5) is 0. The molecule has 1 fully saturated rings. The van der Waals surface area contributed by atoms with Crippen LogP contribution in [0.4, 0.5) is 8.78 Å². The van der Waals surface area contributed by atoms with Crippen LogP contribution in [-0.2, 0) is 11.2 Å². The number of hydrogen-bond donors (Lipinski definition) is 2. The highest BCUT2D eigenvalue weighted by Gasteiger charge is 2.38. The lowest BCUT2D eigenvalue weighted by atomic mass is 9.75. The zero-order valence-electron chi connectivity index (χ0n) is 11.1. The van der Waals surface area contributed by atoms with Crippen molar-refractivity contribution in [3.8, 4) is 0 Å². The highest BCUT2D eigenvalue weighted by atomic mass is 19.2. The van der Waals surface area contributed by atoms with E-state index in [2.05, 4.69) is 5.43 Å². The van der Waals surface area contributed by atoms with E-state index in [0.29, 0.717) is 6.42 Å². The number of hydrogen-bond acceptors (Lipinski definition) is 3. The van der Waals surface area contributed by atoms with Crippen molar-refractivity contribution in [2.45, 2.75) is 43.7 Å². The molecule has 1 saturated carbocycles. The van der Waals surface area contributed by atoms with Crippen LogP contribution in [0.2, 0.25) is 0 Å². The molecular formula is C14H20F2N2O. The summed E-state index contributed by atoms with van der Waals surface area (Å²) < 4.78 is 31.6. The minimum Gasteiger partial charge on any atom is -0.378 e. The third-order valence-corrected chi connectivity index (χ3v) is 4.02. The van der Waals surface area contributed by atoms with Crippen LogP contribution in [0.25, 0.3) is 0 Å². The molecule has 0 amide bonds. The lowest BCUT2D eigenvalue weighted by molar-refractivity contribution is -0.0834. The van der Waals surface area contributed by atoms with E-state index in [0.717, 1.165) is 37.3 Å². The summed E-state index contributed by atoms with van der Waals surface area (Å²) in [6, 6.07) is 3.95. The van der Waals surface area contributed by atoms with Gasteiger partial charge in [0, 0.05) is 13.2 Å². The minimum absolute atomic E-state index is 0.00916. The number of ether oxygens (including phenoxy) is 1. The first-order valence-electron chi connectivity index (χ1n) is 6.54. The summed E-state index contributed by atoms with van der Waals surface area (Å²) in [6.45, 7) is 0. The molecule has 1 aliphatic carbocycles. The van der Waals surface area contributed by atoms with Gasteiger partial charge in [-0.2, -0.15) is 0 Å². The second-order valence-electron chi connectivity index (χ2n) is 5.26. The van der Waals surface area contributed by atoms with E-state index in [1.807, 2.05) is 0 Å². The molecule has 0 spiro atoms. The highest BCUT2D eigenvalue weighted by molar-refractivity contribution is 5.19. The van der Waals surface area contributed by atoms with Crippen LogP contribution in [0.15, 0.2) is 18.2 Å². The van der Waals surface area contributed by atoms with Gasteiger partial charge in [-0.15, -0.1) is 0 Å². The maximum Gasteiger partial charge on any atom is 0.159 e. The van der Waals surface area contributed by atoms with Gasteiger partial charge in [0.25, 0.3) is 0 Å². The van der Waals surface area contributed by atoms with Gasteiger partial charge in [0.1, 0.15) is 0 Å². The molecule has 5 heteroatoms. The molecule has 19 heavy (non-hydrogen) atoms. The predicted octanol–water partition coefficient (Wildman–Crippen LogP) is 2.30. The van der Waals surface area contributed by atoms with E-state index >= 15 is 0 Å². The van der Waals surface area contributed by atoms with E-state index in [4.69, 9.17) is 10.6 Å². The van der Waals surface area contributed by atoms with E-state index in [9.17, 15) is 8.78 Å². The molecule has 3 N–H and O–H groups in total. The second kappa shape index (κ2) is 5.94. The average molecular weight is 270 g/mol. The number of benzene rings is 1. The molecule has 1 aromatic rings. The number of methoxy groups -OCH3 is 1. The van der Waals surface area contributed by atoms with Crippen LogP contribution in [0.5, 0.6) is 0 Å². The molecule has 0 aromatic heterocycles. The Labute approximate surface area is 112 Å². The van der Waals surface area contributed by atoms with E-state index in [1.54, 1.807) is 13.2 Å². The third kappa shape index (κ3) is 3.29. The van der Waals surface area contributed by atoms with Crippen LogP contribution < -0.4 is 11.3 Å². The molecule has 0 saturated heterocycles. The lowest BCUT2D eigenvalue weighted by Gasteiger charge is -2.42. The summed E-state index contributed by atoms with van der Waals surface area (Å²) in [5, 5.41) is 0. The van der Waals surface area contributed by atoms with Gasteiger partial charge in [0.2, 0.25) is 0 Å². The van der Waals surface area contributed by atoms with Crippen molar-refractivity contribution in [3.63, 3.8) is 0 Å². The zero-order chi connectivity index (χ0) is 13.9. The molecule has 1 aromatic carbocycles. The van der Waals surface area contributed by atoms with Crippen molar-refractivity contribution in [3.05, 3.63) is 35.4 Å².